The Hall–Kier alpha value is -1.57. The Bertz CT molecular complexity index is 539. The fourth-order valence-corrected chi connectivity index (χ4v) is 3.75. The number of methoxy groups -OCH3 is 1. The molecule has 2 atom stereocenters. The SMILES string of the molecule is COc1ccc(CN(C)C2CC3CCC(C2)N3)cc1C#N. The molecule has 0 radical (unpaired) electrons. The van der Waals surface area contributed by atoms with Gasteiger partial charge in [-0.3, -0.25) is 4.90 Å². The first-order valence-corrected chi connectivity index (χ1v) is 7.73. The molecule has 2 fully saturated rings. The van der Waals surface area contributed by atoms with Crippen LogP contribution in [0.25, 0.3) is 0 Å². The second-order valence-electron chi connectivity index (χ2n) is 6.32. The molecule has 4 heteroatoms. The Morgan fingerprint density at radius 1 is 1.33 bits per heavy atom. The van der Waals surface area contributed by atoms with Gasteiger partial charge in [-0.25, -0.2) is 0 Å². The Morgan fingerprint density at radius 2 is 2.05 bits per heavy atom. The van der Waals surface area contributed by atoms with Gasteiger partial charge in [-0.15, -0.1) is 0 Å². The predicted octanol–water partition coefficient (Wildman–Crippen LogP) is 2.28. The summed E-state index contributed by atoms with van der Waals surface area (Å²) in [7, 11) is 3.80. The van der Waals surface area contributed by atoms with E-state index in [0.717, 1.165) is 6.54 Å². The first kappa shape index (κ1) is 14.4. The molecule has 2 heterocycles. The van der Waals surface area contributed by atoms with Gasteiger partial charge in [0.25, 0.3) is 0 Å². The van der Waals surface area contributed by atoms with Crippen LogP contribution in [0.15, 0.2) is 18.2 Å². The standard InChI is InChI=1S/C17H23N3O/c1-20(16-8-14-4-5-15(9-16)19-14)11-12-3-6-17(21-2)13(7-12)10-18/h3,6-7,14-16,19H,4-5,8-9,11H2,1-2H3. The van der Waals surface area contributed by atoms with Crippen molar-refractivity contribution >= 4 is 0 Å². The van der Waals surface area contributed by atoms with E-state index in [1.54, 1.807) is 7.11 Å². The van der Waals surface area contributed by atoms with Gasteiger partial charge >= 0.3 is 0 Å². The molecule has 1 aromatic carbocycles. The summed E-state index contributed by atoms with van der Waals surface area (Å²) in [6, 6.07) is 10.2. The highest BCUT2D eigenvalue weighted by atomic mass is 16.5. The van der Waals surface area contributed by atoms with E-state index >= 15 is 0 Å². The van der Waals surface area contributed by atoms with Gasteiger partial charge in [-0.1, -0.05) is 6.07 Å². The highest BCUT2D eigenvalue weighted by Gasteiger charge is 2.34. The molecule has 3 rings (SSSR count). The van der Waals surface area contributed by atoms with Crippen LogP contribution < -0.4 is 10.1 Å². The molecule has 1 N–H and O–H groups in total. The molecule has 2 aliphatic heterocycles. The Labute approximate surface area is 126 Å². The van der Waals surface area contributed by atoms with E-state index in [-0.39, 0.29) is 0 Å². The van der Waals surface area contributed by atoms with E-state index in [0.29, 0.717) is 29.4 Å². The zero-order valence-corrected chi connectivity index (χ0v) is 12.8. The fraction of sp³-hybridized carbons (Fsp3) is 0.588. The summed E-state index contributed by atoms with van der Waals surface area (Å²) < 4.78 is 5.20. The molecular formula is C17H23N3O. The highest BCUT2D eigenvalue weighted by Crippen LogP contribution is 2.30. The minimum absolute atomic E-state index is 0.619. The van der Waals surface area contributed by atoms with E-state index < -0.39 is 0 Å². The second-order valence-corrected chi connectivity index (χ2v) is 6.32. The minimum atomic E-state index is 0.619. The van der Waals surface area contributed by atoms with E-state index in [1.807, 2.05) is 12.1 Å². The molecule has 1 aromatic rings. The lowest BCUT2D eigenvalue weighted by molar-refractivity contribution is 0.166. The normalized spacial score (nSPS) is 27.6. The first-order chi connectivity index (χ1) is 10.2. The number of nitrogens with one attached hydrogen (secondary N) is 1. The molecule has 112 valence electrons. The third-order valence-corrected chi connectivity index (χ3v) is 4.89. The molecule has 2 saturated heterocycles. The molecule has 0 saturated carbocycles. The number of ether oxygens (including phenoxy) is 1. The lowest BCUT2D eigenvalue weighted by Crippen LogP contribution is -2.46. The number of nitriles is 1. The van der Waals surface area contributed by atoms with Crippen molar-refractivity contribution < 1.29 is 4.74 Å². The Balaban J connectivity index is 1.67. The van der Waals surface area contributed by atoms with Crippen LogP contribution in [0.2, 0.25) is 0 Å². The van der Waals surface area contributed by atoms with Crippen LogP contribution in [0, 0.1) is 11.3 Å². The van der Waals surface area contributed by atoms with Gasteiger partial charge in [0, 0.05) is 24.7 Å². The summed E-state index contributed by atoms with van der Waals surface area (Å²) in [6.07, 6.45) is 5.15. The van der Waals surface area contributed by atoms with Crippen LogP contribution in [0.4, 0.5) is 0 Å². The maximum atomic E-state index is 9.18. The number of hydrogen-bond donors (Lipinski definition) is 1. The minimum Gasteiger partial charge on any atom is -0.495 e. The van der Waals surface area contributed by atoms with Gasteiger partial charge < -0.3 is 10.1 Å². The van der Waals surface area contributed by atoms with Crippen molar-refractivity contribution in [1.82, 2.24) is 10.2 Å². The molecule has 2 aliphatic rings. The van der Waals surface area contributed by atoms with Crippen molar-refractivity contribution in [3.8, 4) is 11.8 Å². The zero-order chi connectivity index (χ0) is 14.8. The van der Waals surface area contributed by atoms with E-state index in [9.17, 15) is 5.26 Å². The van der Waals surface area contributed by atoms with Crippen molar-refractivity contribution in [1.29, 1.82) is 5.26 Å². The molecule has 2 unspecified atom stereocenters. The van der Waals surface area contributed by atoms with Crippen molar-refractivity contribution in [3.05, 3.63) is 29.3 Å². The van der Waals surface area contributed by atoms with Crippen molar-refractivity contribution in [3.63, 3.8) is 0 Å². The van der Waals surface area contributed by atoms with E-state index in [4.69, 9.17) is 4.74 Å². The van der Waals surface area contributed by atoms with E-state index in [1.165, 1.54) is 31.2 Å². The molecule has 0 amide bonds. The topological polar surface area (TPSA) is 48.3 Å². The largest absolute Gasteiger partial charge is 0.495 e. The van der Waals surface area contributed by atoms with E-state index in [2.05, 4.69) is 29.4 Å². The first-order valence-electron chi connectivity index (χ1n) is 7.73. The van der Waals surface area contributed by atoms with Crippen LogP contribution in [-0.4, -0.2) is 37.2 Å². The van der Waals surface area contributed by atoms with Crippen molar-refractivity contribution in [2.75, 3.05) is 14.2 Å². The van der Waals surface area contributed by atoms with Crippen LogP contribution in [0.5, 0.6) is 5.75 Å². The maximum absolute atomic E-state index is 9.18. The van der Waals surface area contributed by atoms with Gasteiger partial charge in [0.15, 0.2) is 0 Å². The zero-order valence-electron chi connectivity index (χ0n) is 12.8. The van der Waals surface area contributed by atoms with Gasteiger partial charge in [-0.05, 0) is 50.4 Å². The number of nitrogens with zero attached hydrogens (tertiary/aromatic N) is 2. The van der Waals surface area contributed by atoms with Gasteiger partial charge in [-0.2, -0.15) is 5.26 Å². The molecule has 4 nitrogen and oxygen atoms in total. The predicted molar refractivity (Wildman–Crippen MR) is 82.1 cm³/mol. The monoisotopic (exact) mass is 285 g/mol. The third kappa shape index (κ3) is 3.04. The molecule has 2 bridgehead atoms. The number of benzene rings is 1. The van der Waals surface area contributed by atoms with Crippen LogP contribution in [0.3, 0.4) is 0 Å². The molecule has 0 spiro atoms. The van der Waals surface area contributed by atoms with Crippen LogP contribution in [-0.2, 0) is 6.54 Å². The van der Waals surface area contributed by atoms with Crippen molar-refractivity contribution in [2.45, 2.75) is 50.4 Å². The summed E-state index contributed by atoms with van der Waals surface area (Å²) in [5, 5.41) is 12.9. The lowest BCUT2D eigenvalue weighted by atomic mass is 9.98. The fourth-order valence-electron chi connectivity index (χ4n) is 3.75. The Kier molecular flexibility index (Phi) is 4.14. The quantitative estimate of drug-likeness (QED) is 0.922. The number of hydrogen-bond acceptors (Lipinski definition) is 4. The average molecular weight is 285 g/mol. The summed E-state index contributed by atoms with van der Waals surface area (Å²) >= 11 is 0. The molecule has 0 aromatic heterocycles. The lowest BCUT2D eigenvalue weighted by Gasteiger charge is -2.35. The molecular weight excluding hydrogens is 262 g/mol. The highest BCUT2D eigenvalue weighted by molar-refractivity contribution is 5.45. The summed E-state index contributed by atoms with van der Waals surface area (Å²) in [4.78, 5) is 2.44. The summed E-state index contributed by atoms with van der Waals surface area (Å²) in [5.41, 5.74) is 1.80. The Morgan fingerprint density at radius 3 is 2.67 bits per heavy atom. The van der Waals surface area contributed by atoms with Gasteiger partial charge in [0.1, 0.15) is 11.8 Å². The number of rotatable bonds is 4. The number of piperidine rings is 1. The molecule has 21 heavy (non-hydrogen) atoms. The second kappa shape index (κ2) is 6.05. The summed E-state index contributed by atoms with van der Waals surface area (Å²) in [6.45, 7) is 0.892. The van der Waals surface area contributed by atoms with Crippen LogP contribution >= 0.6 is 0 Å². The average Bonchev–Trinajstić information content (AvgIpc) is 2.85. The van der Waals surface area contributed by atoms with Gasteiger partial charge in [0.05, 0.1) is 12.7 Å². The van der Waals surface area contributed by atoms with Crippen molar-refractivity contribution in [2.24, 2.45) is 0 Å². The molecule has 0 aliphatic carbocycles. The summed E-state index contributed by atoms with van der Waals surface area (Å²) in [5.74, 6) is 0.656. The van der Waals surface area contributed by atoms with Gasteiger partial charge in [0.2, 0.25) is 0 Å². The smallest absolute Gasteiger partial charge is 0.136 e. The number of fused-ring (bicyclic) bond motifs is 2. The third-order valence-electron chi connectivity index (χ3n) is 4.89. The maximum Gasteiger partial charge on any atom is 0.136 e. The van der Waals surface area contributed by atoms with Crippen LogP contribution in [0.1, 0.15) is 36.8 Å².